The molecule has 1 heterocycles. The maximum Gasteiger partial charge on any atom is 0.231 e. The van der Waals surface area contributed by atoms with Gasteiger partial charge in [-0.15, -0.1) is 0 Å². The van der Waals surface area contributed by atoms with E-state index < -0.39 is 10.8 Å². The number of hydrogen-bond acceptors (Lipinski definition) is 4. The molecule has 0 saturated carbocycles. The summed E-state index contributed by atoms with van der Waals surface area (Å²) in [6.45, 7) is 3.77. The lowest BCUT2D eigenvalue weighted by atomic mass is 10.2. The molecule has 0 bridgehead atoms. The van der Waals surface area contributed by atoms with Crippen LogP contribution in [-0.4, -0.2) is 29.1 Å². The van der Waals surface area contributed by atoms with Crippen LogP contribution in [0.3, 0.4) is 0 Å². The molecule has 2 rings (SSSR count). The van der Waals surface area contributed by atoms with Crippen LogP contribution < -0.4 is 14.8 Å². The molecule has 0 radical (unpaired) electrons. The van der Waals surface area contributed by atoms with Crippen LogP contribution in [0.2, 0.25) is 0 Å². The maximum atomic E-state index is 11.2. The van der Waals surface area contributed by atoms with Crippen LogP contribution in [0, 0.1) is 0 Å². The fourth-order valence-corrected chi connectivity index (χ4v) is 1.94. The van der Waals surface area contributed by atoms with Gasteiger partial charge in [0.2, 0.25) is 6.79 Å². The fourth-order valence-electron chi connectivity index (χ4n) is 1.59. The third kappa shape index (κ3) is 3.20. The summed E-state index contributed by atoms with van der Waals surface area (Å²) in [5, 5.41) is 3.45. The van der Waals surface area contributed by atoms with Crippen molar-refractivity contribution < 1.29 is 13.7 Å². The third-order valence-electron chi connectivity index (χ3n) is 2.76. The van der Waals surface area contributed by atoms with E-state index in [1.54, 1.807) is 6.26 Å². The van der Waals surface area contributed by atoms with E-state index >= 15 is 0 Å². The van der Waals surface area contributed by atoms with Gasteiger partial charge in [-0.3, -0.25) is 4.21 Å². The number of nitrogens with one attached hydrogen (secondary N) is 1. The predicted octanol–water partition coefficient (Wildman–Crippen LogP) is 1.27. The maximum absolute atomic E-state index is 11.2. The van der Waals surface area contributed by atoms with Crippen LogP contribution in [0.5, 0.6) is 11.5 Å². The first-order valence-corrected chi connectivity index (χ1v) is 7.20. The Morgan fingerprint density at radius 3 is 2.94 bits per heavy atom. The summed E-state index contributed by atoms with van der Waals surface area (Å²) in [5.74, 6) is 1.60. The Balaban J connectivity index is 1.85. The Morgan fingerprint density at radius 1 is 1.41 bits per heavy atom. The van der Waals surface area contributed by atoms with E-state index in [-0.39, 0.29) is 5.25 Å². The van der Waals surface area contributed by atoms with Crippen molar-refractivity contribution in [1.82, 2.24) is 5.32 Å². The molecule has 17 heavy (non-hydrogen) atoms. The fraction of sp³-hybridized carbons (Fsp3) is 0.500. The van der Waals surface area contributed by atoms with Gasteiger partial charge in [0, 0.05) is 35.4 Å². The Labute approximate surface area is 104 Å². The van der Waals surface area contributed by atoms with Crippen molar-refractivity contribution in [3.8, 4) is 11.5 Å². The van der Waals surface area contributed by atoms with E-state index in [9.17, 15) is 4.21 Å². The highest BCUT2D eigenvalue weighted by Crippen LogP contribution is 2.32. The first kappa shape index (κ1) is 12.4. The van der Waals surface area contributed by atoms with Gasteiger partial charge in [0.05, 0.1) is 0 Å². The zero-order valence-electron chi connectivity index (χ0n) is 10.1. The normalized spacial score (nSPS) is 16.8. The van der Waals surface area contributed by atoms with Gasteiger partial charge < -0.3 is 14.8 Å². The summed E-state index contributed by atoms with van der Waals surface area (Å²) in [5.41, 5.74) is 1.14. The molecule has 4 nitrogen and oxygen atoms in total. The minimum absolute atomic E-state index is 0.170. The highest BCUT2D eigenvalue weighted by Gasteiger charge is 2.13. The molecule has 2 atom stereocenters. The number of rotatable bonds is 5. The van der Waals surface area contributed by atoms with Crippen molar-refractivity contribution in [2.24, 2.45) is 0 Å². The van der Waals surface area contributed by atoms with E-state index in [1.165, 1.54) is 0 Å². The van der Waals surface area contributed by atoms with Crippen molar-refractivity contribution in [3.63, 3.8) is 0 Å². The summed E-state index contributed by atoms with van der Waals surface area (Å²) in [6, 6.07) is 5.90. The lowest BCUT2D eigenvalue weighted by molar-refractivity contribution is 0.174. The molecule has 1 aromatic carbocycles. The van der Waals surface area contributed by atoms with Crippen LogP contribution in [0.1, 0.15) is 12.5 Å². The summed E-state index contributed by atoms with van der Waals surface area (Å²) in [7, 11) is -0.775. The first-order chi connectivity index (χ1) is 8.16. The predicted molar refractivity (Wildman–Crippen MR) is 67.8 cm³/mol. The second-order valence-corrected chi connectivity index (χ2v) is 5.93. The third-order valence-corrected chi connectivity index (χ3v) is 4.06. The van der Waals surface area contributed by atoms with E-state index in [2.05, 4.69) is 5.32 Å². The highest BCUT2D eigenvalue weighted by atomic mass is 32.2. The average molecular weight is 255 g/mol. The molecule has 0 fully saturated rings. The van der Waals surface area contributed by atoms with E-state index in [4.69, 9.17) is 9.47 Å². The van der Waals surface area contributed by atoms with E-state index in [0.29, 0.717) is 6.79 Å². The zero-order chi connectivity index (χ0) is 12.3. The van der Waals surface area contributed by atoms with Crippen LogP contribution in [0.25, 0.3) is 0 Å². The Kier molecular flexibility index (Phi) is 4.02. The quantitative estimate of drug-likeness (QED) is 0.861. The molecule has 0 amide bonds. The van der Waals surface area contributed by atoms with Crippen molar-refractivity contribution in [2.45, 2.75) is 18.7 Å². The molecule has 1 aliphatic rings. The Morgan fingerprint density at radius 2 is 2.18 bits per heavy atom. The van der Waals surface area contributed by atoms with Gasteiger partial charge >= 0.3 is 0 Å². The second-order valence-electron chi connectivity index (χ2n) is 4.13. The monoisotopic (exact) mass is 255 g/mol. The van der Waals surface area contributed by atoms with Crippen molar-refractivity contribution in [1.29, 1.82) is 0 Å². The van der Waals surface area contributed by atoms with Crippen LogP contribution in [0.4, 0.5) is 0 Å². The first-order valence-electron chi connectivity index (χ1n) is 5.58. The smallest absolute Gasteiger partial charge is 0.231 e. The van der Waals surface area contributed by atoms with Gasteiger partial charge in [-0.2, -0.15) is 0 Å². The lowest BCUT2D eigenvalue weighted by Crippen LogP contribution is -2.27. The minimum Gasteiger partial charge on any atom is -0.454 e. The van der Waals surface area contributed by atoms with Crippen LogP contribution in [-0.2, 0) is 17.3 Å². The molecule has 1 aromatic rings. The standard InChI is InChI=1S/C12H17NO3S/c1-9(17(2)14)6-13-7-10-3-4-11-12(5-10)16-8-15-11/h3-5,9,13H,6-8H2,1-2H3. The number of fused-ring (bicyclic) bond motifs is 1. The molecule has 0 aliphatic carbocycles. The number of benzene rings is 1. The largest absolute Gasteiger partial charge is 0.454 e. The van der Waals surface area contributed by atoms with Gasteiger partial charge in [0.1, 0.15) is 0 Å². The van der Waals surface area contributed by atoms with Crippen molar-refractivity contribution >= 4 is 10.8 Å². The van der Waals surface area contributed by atoms with E-state index in [0.717, 1.165) is 30.2 Å². The van der Waals surface area contributed by atoms with Crippen molar-refractivity contribution in [2.75, 3.05) is 19.6 Å². The number of ether oxygens (including phenoxy) is 2. The summed E-state index contributed by atoms with van der Waals surface area (Å²) < 4.78 is 21.7. The van der Waals surface area contributed by atoms with Gasteiger partial charge in [-0.05, 0) is 24.6 Å². The second kappa shape index (κ2) is 5.51. The molecule has 0 spiro atoms. The number of hydrogen-bond donors (Lipinski definition) is 1. The molecule has 0 saturated heterocycles. The van der Waals surface area contributed by atoms with Crippen LogP contribution in [0.15, 0.2) is 18.2 Å². The summed E-state index contributed by atoms with van der Waals surface area (Å²) >= 11 is 0. The van der Waals surface area contributed by atoms with Gasteiger partial charge in [-0.1, -0.05) is 6.07 Å². The Hall–Kier alpha value is -1.07. The van der Waals surface area contributed by atoms with E-state index in [1.807, 2.05) is 25.1 Å². The van der Waals surface area contributed by atoms with Gasteiger partial charge in [0.15, 0.2) is 11.5 Å². The van der Waals surface area contributed by atoms with Crippen molar-refractivity contribution in [3.05, 3.63) is 23.8 Å². The highest BCUT2D eigenvalue weighted by molar-refractivity contribution is 7.84. The summed E-state index contributed by atoms with van der Waals surface area (Å²) in [4.78, 5) is 0. The average Bonchev–Trinajstić information content (AvgIpc) is 2.75. The molecular formula is C12H17NO3S. The van der Waals surface area contributed by atoms with Gasteiger partial charge in [-0.25, -0.2) is 0 Å². The SMILES string of the molecule is CC(CNCc1ccc2c(c1)OCO2)S(C)=O. The summed E-state index contributed by atoms with van der Waals surface area (Å²) in [6.07, 6.45) is 1.73. The van der Waals surface area contributed by atoms with Gasteiger partial charge in [0.25, 0.3) is 0 Å². The van der Waals surface area contributed by atoms with Crippen LogP contribution >= 0.6 is 0 Å². The minimum atomic E-state index is -0.775. The molecule has 1 N–H and O–H groups in total. The molecule has 1 aliphatic heterocycles. The topological polar surface area (TPSA) is 47.6 Å². The zero-order valence-corrected chi connectivity index (χ0v) is 10.9. The molecule has 0 aromatic heterocycles. The molecule has 5 heteroatoms. The molecule has 94 valence electrons. The Bertz CT molecular complexity index is 422. The lowest BCUT2D eigenvalue weighted by Gasteiger charge is -2.10. The molecular weight excluding hydrogens is 238 g/mol. The molecule has 2 unspecified atom stereocenters.